The Morgan fingerprint density at radius 2 is 1.54 bits per heavy atom. The SMILES string of the molecule is Cn1c(=O)c2c(nc(N3CCN(C(=S)Nc4ccccc4)CC3)n2Cc2ccccc2)n(C)c1=O. The maximum atomic E-state index is 13.2. The summed E-state index contributed by atoms with van der Waals surface area (Å²) in [6, 6.07) is 19.8. The molecular formula is C25H27N7O2S. The predicted octanol–water partition coefficient (Wildman–Crippen LogP) is 2.00. The molecule has 0 bridgehead atoms. The molecule has 0 atom stereocenters. The fraction of sp³-hybridized carbons (Fsp3) is 0.280. The quantitative estimate of drug-likeness (QED) is 0.439. The fourth-order valence-corrected chi connectivity index (χ4v) is 4.73. The Hall–Kier alpha value is -3.92. The van der Waals surface area contributed by atoms with E-state index in [9.17, 15) is 9.59 Å². The van der Waals surface area contributed by atoms with Gasteiger partial charge in [-0.1, -0.05) is 48.5 Å². The molecule has 180 valence electrons. The largest absolute Gasteiger partial charge is 0.345 e. The fourth-order valence-electron chi connectivity index (χ4n) is 4.43. The third kappa shape index (κ3) is 4.32. The molecule has 1 fully saturated rings. The van der Waals surface area contributed by atoms with Gasteiger partial charge in [0.25, 0.3) is 5.56 Å². The molecule has 1 saturated heterocycles. The van der Waals surface area contributed by atoms with Crippen LogP contribution in [0.3, 0.4) is 0 Å². The first kappa shape index (κ1) is 22.9. The van der Waals surface area contributed by atoms with Gasteiger partial charge in [0, 0.05) is 46.0 Å². The van der Waals surface area contributed by atoms with Crippen LogP contribution >= 0.6 is 12.2 Å². The van der Waals surface area contributed by atoms with Gasteiger partial charge in [0.15, 0.2) is 16.3 Å². The molecule has 0 radical (unpaired) electrons. The van der Waals surface area contributed by atoms with Crippen LogP contribution in [0, 0.1) is 0 Å². The minimum atomic E-state index is -0.388. The highest BCUT2D eigenvalue weighted by Crippen LogP contribution is 2.23. The van der Waals surface area contributed by atoms with E-state index in [0.29, 0.717) is 54.9 Å². The number of aryl methyl sites for hydroxylation is 1. The topological polar surface area (TPSA) is 80.3 Å². The first-order chi connectivity index (χ1) is 16.9. The number of hydrogen-bond acceptors (Lipinski definition) is 5. The standard InChI is InChI=1S/C25H27N7O2S/c1-28-21-20(22(33)29(2)25(28)34)32(17-18-9-5-3-6-10-18)23(27-21)30-13-15-31(16-14-30)24(35)26-19-11-7-4-8-12-19/h3-12H,13-17H2,1-2H3,(H,26,35). The van der Waals surface area contributed by atoms with Crippen LogP contribution in [0.1, 0.15) is 5.56 Å². The summed E-state index contributed by atoms with van der Waals surface area (Å²) in [5.74, 6) is 0.684. The monoisotopic (exact) mass is 489 g/mol. The van der Waals surface area contributed by atoms with Gasteiger partial charge in [-0.3, -0.25) is 18.5 Å². The number of rotatable bonds is 4. The molecule has 0 spiro atoms. The van der Waals surface area contributed by atoms with Crippen LogP contribution < -0.4 is 21.5 Å². The average molecular weight is 490 g/mol. The Morgan fingerprint density at radius 1 is 0.914 bits per heavy atom. The second-order valence-electron chi connectivity index (χ2n) is 8.63. The molecule has 5 rings (SSSR count). The van der Waals surface area contributed by atoms with E-state index in [1.54, 1.807) is 7.05 Å². The van der Waals surface area contributed by atoms with E-state index in [2.05, 4.69) is 15.1 Å². The van der Waals surface area contributed by atoms with Crippen LogP contribution in [0.25, 0.3) is 11.2 Å². The van der Waals surface area contributed by atoms with E-state index in [1.165, 1.54) is 11.6 Å². The van der Waals surface area contributed by atoms with Gasteiger partial charge in [-0.15, -0.1) is 0 Å². The number of thiocarbonyl (C=S) groups is 1. The summed E-state index contributed by atoms with van der Waals surface area (Å²) in [5.41, 5.74) is 2.10. The minimum Gasteiger partial charge on any atom is -0.345 e. The first-order valence-corrected chi connectivity index (χ1v) is 11.9. The van der Waals surface area contributed by atoms with Gasteiger partial charge in [-0.2, -0.15) is 4.98 Å². The van der Waals surface area contributed by atoms with E-state index in [0.717, 1.165) is 15.8 Å². The van der Waals surface area contributed by atoms with Crippen molar-refractivity contribution in [2.45, 2.75) is 6.54 Å². The molecule has 0 unspecified atom stereocenters. The van der Waals surface area contributed by atoms with Crippen LogP contribution in [-0.4, -0.2) is 54.9 Å². The molecule has 1 N–H and O–H groups in total. The van der Waals surface area contributed by atoms with E-state index < -0.39 is 0 Å². The van der Waals surface area contributed by atoms with Crippen molar-refractivity contribution >= 4 is 40.1 Å². The third-order valence-electron chi connectivity index (χ3n) is 6.39. The van der Waals surface area contributed by atoms with Crippen molar-refractivity contribution in [3.63, 3.8) is 0 Å². The lowest BCUT2D eigenvalue weighted by Crippen LogP contribution is -2.50. The van der Waals surface area contributed by atoms with Gasteiger partial charge >= 0.3 is 5.69 Å². The zero-order valence-electron chi connectivity index (χ0n) is 19.7. The van der Waals surface area contributed by atoms with E-state index in [1.807, 2.05) is 65.2 Å². The van der Waals surface area contributed by atoms with Crippen LogP contribution in [-0.2, 0) is 20.6 Å². The lowest BCUT2D eigenvalue weighted by molar-refractivity contribution is 0.386. The minimum absolute atomic E-state index is 0.343. The van der Waals surface area contributed by atoms with Gasteiger partial charge in [0.1, 0.15) is 0 Å². The molecule has 10 heteroatoms. The number of nitrogens with one attached hydrogen (secondary N) is 1. The molecule has 0 aliphatic carbocycles. The molecule has 3 heterocycles. The molecular weight excluding hydrogens is 462 g/mol. The molecule has 4 aromatic rings. The van der Waals surface area contributed by atoms with Gasteiger partial charge in [-0.05, 0) is 29.9 Å². The van der Waals surface area contributed by atoms with E-state index in [4.69, 9.17) is 17.2 Å². The summed E-state index contributed by atoms with van der Waals surface area (Å²) in [6.45, 7) is 3.27. The summed E-state index contributed by atoms with van der Waals surface area (Å²) in [7, 11) is 3.16. The van der Waals surface area contributed by atoms with Crippen molar-refractivity contribution in [3.05, 3.63) is 87.1 Å². The molecule has 35 heavy (non-hydrogen) atoms. The first-order valence-electron chi connectivity index (χ1n) is 11.5. The Labute approximate surface area is 207 Å². The smallest absolute Gasteiger partial charge is 0.332 e. The normalized spacial score (nSPS) is 13.9. The van der Waals surface area contributed by atoms with Crippen molar-refractivity contribution in [2.24, 2.45) is 14.1 Å². The number of hydrogen-bond donors (Lipinski definition) is 1. The number of nitrogens with zero attached hydrogens (tertiary/aromatic N) is 6. The maximum Gasteiger partial charge on any atom is 0.332 e. The molecule has 2 aromatic heterocycles. The highest BCUT2D eigenvalue weighted by atomic mass is 32.1. The van der Waals surface area contributed by atoms with Gasteiger partial charge in [-0.25, -0.2) is 4.79 Å². The van der Waals surface area contributed by atoms with E-state index >= 15 is 0 Å². The van der Waals surface area contributed by atoms with E-state index in [-0.39, 0.29) is 11.2 Å². The summed E-state index contributed by atoms with van der Waals surface area (Å²) in [4.78, 5) is 34.8. The second kappa shape index (κ2) is 9.38. The highest BCUT2D eigenvalue weighted by Gasteiger charge is 2.26. The summed E-state index contributed by atoms with van der Waals surface area (Å²) >= 11 is 5.63. The average Bonchev–Trinajstić information content (AvgIpc) is 3.26. The lowest BCUT2D eigenvalue weighted by atomic mass is 10.2. The Kier molecular flexibility index (Phi) is 6.12. The van der Waals surface area contributed by atoms with Gasteiger partial charge < -0.3 is 15.1 Å². The summed E-state index contributed by atoms with van der Waals surface area (Å²) in [6.07, 6.45) is 0. The van der Waals surface area contributed by atoms with Crippen molar-refractivity contribution in [3.8, 4) is 0 Å². The van der Waals surface area contributed by atoms with Crippen molar-refractivity contribution < 1.29 is 0 Å². The van der Waals surface area contributed by atoms with Crippen LogP contribution in [0.2, 0.25) is 0 Å². The number of piperazine rings is 1. The highest BCUT2D eigenvalue weighted by molar-refractivity contribution is 7.80. The molecule has 1 aliphatic rings. The second-order valence-corrected chi connectivity index (χ2v) is 9.02. The summed E-state index contributed by atoms with van der Waals surface area (Å²) < 4.78 is 4.51. The number of fused-ring (bicyclic) bond motifs is 1. The van der Waals surface area contributed by atoms with Crippen molar-refractivity contribution in [2.75, 3.05) is 36.4 Å². The number of aromatic nitrogens is 4. The number of benzene rings is 2. The molecule has 2 aromatic carbocycles. The zero-order chi connectivity index (χ0) is 24.5. The molecule has 0 saturated carbocycles. The maximum absolute atomic E-state index is 13.2. The lowest BCUT2D eigenvalue weighted by Gasteiger charge is -2.36. The zero-order valence-corrected chi connectivity index (χ0v) is 20.5. The van der Waals surface area contributed by atoms with Crippen molar-refractivity contribution in [1.82, 2.24) is 23.6 Å². The van der Waals surface area contributed by atoms with Gasteiger partial charge in [0.05, 0.1) is 6.54 Å². The molecule has 0 amide bonds. The number of para-hydroxylation sites is 1. The summed E-state index contributed by atoms with van der Waals surface area (Å²) in [5, 5.41) is 3.98. The van der Waals surface area contributed by atoms with Gasteiger partial charge in [0.2, 0.25) is 5.95 Å². The molecule has 9 nitrogen and oxygen atoms in total. The predicted molar refractivity (Wildman–Crippen MR) is 142 cm³/mol. The Morgan fingerprint density at radius 3 is 2.20 bits per heavy atom. The third-order valence-corrected chi connectivity index (χ3v) is 6.75. The van der Waals surface area contributed by atoms with Crippen molar-refractivity contribution in [1.29, 1.82) is 0 Å². The Balaban J connectivity index is 1.46. The van der Waals surface area contributed by atoms with Crippen LogP contribution in [0.5, 0.6) is 0 Å². The number of imidazole rings is 1. The van der Waals surface area contributed by atoms with Crippen LogP contribution in [0.4, 0.5) is 11.6 Å². The van der Waals surface area contributed by atoms with Crippen LogP contribution in [0.15, 0.2) is 70.3 Å². The number of anilines is 2. The molecule has 1 aliphatic heterocycles. The Bertz CT molecular complexity index is 1480.